The zero-order valence-corrected chi connectivity index (χ0v) is 10.6. The number of carbonyl (C=O) groups excluding carboxylic acids is 2. The Morgan fingerprint density at radius 2 is 0.846 bits per heavy atom. The van der Waals surface area contributed by atoms with Crippen molar-refractivity contribution in [2.24, 2.45) is 0 Å². The first-order valence-electron chi connectivity index (χ1n) is 3.64. The summed E-state index contributed by atoms with van der Waals surface area (Å²) < 4.78 is 0. The molecule has 0 bridgehead atoms. The molecule has 0 aromatic carbocycles. The van der Waals surface area contributed by atoms with Crippen molar-refractivity contribution in [2.75, 3.05) is 28.2 Å². The Morgan fingerprint density at radius 3 is 0.846 bits per heavy atom. The molecular weight excluding hydrogens is 263 g/mol. The van der Waals surface area contributed by atoms with Crippen molar-refractivity contribution in [2.45, 2.75) is 13.8 Å². The molecule has 0 saturated heterocycles. The van der Waals surface area contributed by atoms with Gasteiger partial charge in [-0.2, -0.15) is 0 Å². The zero-order valence-electron chi connectivity index (χ0n) is 9.03. The van der Waals surface area contributed by atoms with E-state index in [1.807, 2.05) is 0 Å². The molecule has 0 spiro atoms. The van der Waals surface area contributed by atoms with E-state index in [-0.39, 0.29) is 32.2 Å². The maximum atomic E-state index is 10.1. The van der Waals surface area contributed by atoms with Crippen LogP contribution >= 0.6 is 0 Å². The molecule has 0 unspecified atom stereocenters. The van der Waals surface area contributed by atoms with Gasteiger partial charge in [0.1, 0.15) is 0 Å². The van der Waals surface area contributed by atoms with Crippen molar-refractivity contribution in [1.82, 2.24) is 9.80 Å². The van der Waals surface area contributed by atoms with Crippen LogP contribution in [0.15, 0.2) is 0 Å². The van der Waals surface area contributed by atoms with Gasteiger partial charge in [0, 0.05) is 62.5 Å². The number of carbonyl (C=O) groups is 2. The first-order valence-corrected chi connectivity index (χ1v) is 3.64. The minimum atomic E-state index is 0. The van der Waals surface area contributed by atoms with Gasteiger partial charge in [0.05, 0.1) is 0 Å². The van der Waals surface area contributed by atoms with E-state index < -0.39 is 0 Å². The Bertz CT molecular complexity index is 140. The van der Waals surface area contributed by atoms with E-state index in [1.54, 1.807) is 28.2 Å². The molecule has 0 aliphatic carbocycles. The Kier molecular flexibility index (Phi) is 13.7. The monoisotopic (exact) mass is 280 g/mol. The van der Waals surface area contributed by atoms with Crippen LogP contribution in [-0.4, -0.2) is 49.8 Å². The minimum absolute atomic E-state index is 0. The third-order valence-corrected chi connectivity index (χ3v) is 1.26. The van der Waals surface area contributed by atoms with Crippen LogP contribution in [-0.2, 0) is 30.0 Å². The Labute approximate surface area is 93.9 Å². The van der Waals surface area contributed by atoms with Gasteiger partial charge in [0.2, 0.25) is 11.8 Å². The molecule has 4 nitrogen and oxygen atoms in total. The van der Waals surface area contributed by atoms with Crippen LogP contribution in [0.4, 0.5) is 0 Å². The van der Waals surface area contributed by atoms with Crippen molar-refractivity contribution < 1.29 is 30.0 Å². The molecule has 2 amide bonds. The SMILES string of the molecule is CC(=O)N(C)C.CC(=O)N(C)C.[Pd]. The maximum absolute atomic E-state index is 10.1. The molecule has 5 heteroatoms. The number of hydrogen-bond donors (Lipinski definition) is 0. The van der Waals surface area contributed by atoms with Gasteiger partial charge in [0.15, 0.2) is 0 Å². The summed E-state index contributed by atoms with van der Waals surface area (Å²) in [6.45, 7) is 3.06. The number of hydrogen-bond acceptors (Lipinski definition) is 2. The second kappa shape index (κ2) is 9.69. The number of rotatable bonds is 0. The summed E-state index contributed by atoms with van der Waals surface area (Å²) in [6, 6.07) is 0. The van der Waals surface area contributed by atoms with E-state index in [2.05, 4.69) is 0 Å². The van der Waals surface area contributed by atoms with E-state index in [4.69, 9.17) is 0 Å². The van der Waals surface area contributed by atoms with Gasteiger partial charge in [0.25, 0.3) is 0 Å². The summed E-state index contributed by atoms with van der Waals surface area (Å²) in [5, 5.41) is 0. The molecular formula is C8H18N2O2Pd. The maximum Gasteiger partial charge on any atom is 0.218 e. The minimum Gasteiger partial charge on any atom is -0.349 e. The zero-order chi connectivity index (χ0) is 10.3. The van der Waals surface area contributed by atoms with Crippen molar-refractivity contribution in [3.05, 3.63) is 0 Å². The van der Waals surface area contributed by atoms with Crippen LogP contribution in [0, 0.1) is 0 Å². The molecule has 0 aromatic rings. The van der Waals surface area contributed by atoms with Crippen LogP contribution in [0.5, 0.6) is 0 Å². The fraction of sp³-hybridized carbons (Fsp3) is 0.750. The molecule has 0 saturated carbocycles. The van der Waals surface area contributed by atoms with Crippen LogP contribution in [0.3, 0.4) is 0 Å². The van der Waals surface area contributed by atoms with Gasteiger partial charge in [-0.15, -0.1) is 0 Å². The fourth-order valence-electron chi connectivity index (χ4n) is 0. The normalized spacial score (nSPS) is 7.23. The first kappa shape index (κ1) is 18.4. The molecule has 0 aliphatic heterocycles. The average molecular weight is 281 g/mol. The van der Waals surface area contributed by atoms with E-state index >= 15 is 0 Å². The van der Waals surface area contributed by atoms with E-state index in [0.717, 1.165) is 0 Å². The molecule has 0 radical (unpaired) electrons. The van der Waals surface area contributed by atoms with Gasteiger partial charge >= 0.3 is 0 Å². The fourth-order valence-corrected chi connectivity index (χ4v) is 0. The van der Waals surface area contributed by atoms with Gasteiger partial charge in [-0.3, -0.25) is 9.59 Å². The first-order chi connectivity index (χ1) is 5.29. The molecule has 0 rings (SSSR count). The molecule has 0 fully saturated rings. The van der Waals surface area contributed by atoms with Gasteiger partial charge in [-0.05, 0) is 0 Å². The van der Waals surface area contributed by atoms with Crippen LogP contribution in [0.2, 0.25) is 0 Å². The van der Waals surface area contributed by atoms with E-state index in [0.29, 0.717) is 0 Å². The van der Waals surface area contributed by atoms with Gasteiger partial charge in [-0.1, -0.05) is 0 Å². The predicted molar refractivity (Wildman–Crippen MR) is 48.7 cm³/mol. The predicted octanol–water partition coefficient (Wildman–Crippen LogP) is 0.187. The molecule has 0 aromatic heterocycles. The Morgan fingerprint density at radius 1 is 0.769 bits per heavy atom. The van der Waals surface area contributed by atoms with Crippen molar-refractivity contribution in [1.29, 1.82) is 0 Å². The molecule has 0 aliphatic rings. The topological polar surface area (TPSA) is 40.6 Å². The molecule has 82 valence electrons. The van der Waals surface area contributed by atoms with Gasteiger partial charge in [-0.25, -0.2) is 0 Å². The third kappa shape index (κ3) is 18.5. The van der Waals surface area contributed by atoms with Crippen molar-refractivity contribution in [3.63, 3.8) is 0 Å². The average Bonchev–Trinajstić information content (AvgIpc) is 1.88. The Balaban J connectivity index is -0.000000143. The summed E-state index contributed by atoms with van der Waals surface area (Å²) in [5.74, 6) is 0.185. The second-order valence-corrected chi connectivity index (χ2v) is 2.83. The summed E-state index contributed by atoms with van der Waals surface area (Å²) in [6.07, 6.45) is 0. The van der Waals surface area contributed by atoms with Crippen LogP contribution in [0.25, 0.3) is 0 Å². The van der Waals surface area contributed by atoms with E-state index in [9.17, 15) is 9.59 Å². The molecule has 0 heterocycles. The third-order valence-electron chi connectivity index (χ3n) is 1.26. The summed E-state index contributed by atoms with van der Waals surface area (Å²) in [4.78, 5) is 23.2. The summed E-state index contributed by atoms with van der Waals surface area (Å²) in [5.41, 5.74) is 0. The summed E-state index contributed by atoms with van der Waals surface area (Å²) >= 11 is 0. The summed E-state index contributed by atoms with van der Waals surface area (Å²) in [7, 11) is 6.90. The number of nitrogens with zero attached hydrogens (tertiary/aromatic N) is 2. The van der Waals surface area contributed by atoms with Crippen LogP contribution < -0.4 is 0 Å². The van der Waals surface area contributed by atoms with Gasteiger partial charge < -0.3 is 9.80 Å². The van der Waals surface area contributed by atoms with Crippen LogP contribution in [0.1, 0.15) is 13.8 Å². The largest absolute Gasteiger partial charge is 0.349 e. The van der Waals surface area contributed by atoms with Crippen molar-refractivity contribution in [3.8, 4) is 0 Å². The van der Waals surface area contributed by atoms with Crippen molar-refractivity contribution >= 4 is 11.8 Å². The molecule has 0 N–H and O–H groups in total. The quantitative estimate of drug-likeness (QED) is 0.594. The van der Waals surface area contributed by atoms with E-state index in [1.165, 1.54) is 23.6 Å². The molecule has 0 atom stereocenters. The molecule has 13 heavy (non-hydrogen) atoms. The number of amides is 2. The Hall–Kier alpha value is -0.398. The standard InChI is InChI=1S/2C4H9NO.Pd/c2*1-4(6)5(2)3;/h2*1-3H3;. The second-order valence-electron chi connectivity index (χ2n) is 2.83. The smallest absolute Gasteiger partial charge is 0.218 e.